The molecular formula is C94H138ClF9N19NaO17S3. The molecule has 4 aliphatic rings. The zero-order chi connectivity index (χ0) is 106. The Balaban J connectivity index is 0.000000464. The number of alkyl halides is 9. The maximum absolute atomic E-state index is 13.1. The van der Waals surface area contributed by atoms with Gasteiger partial charge in [0.25, 0.3) is 0 Å². The van der Waals surface area contributed by atoms with Crippen LogP contribution < -0.4 is 65.5 Å². The first-order valence-electron chi connectivity index (χ1n) is 47.1. The van der Waals surface area contributed by atoms with E-state index in [4.69, 9.17) is 41.8 Å². The minimum absolute atomic E-state index is 0. The van der Waals surface area contributed by atoms with Crippen LogP contribution in [0.4, 0.5) is 95.8 Å². The fourth-order valence-electron chi connectivity index (χ4n) is 16.2. The zero-order valence-electron chi connectivity index (χ0n) is 84.9. The van der Waals surface area contributed by atoms with Crippen molar-refractivity contribution in [2.45, 2.75) is 323 Å². The predicted octanol–water partition coefficient (Wildman–Crippen LogP) is 16.8. The Bertz CT molecular complexity index is 5100. The number of nitrogens with zero attached hydrogens (tertiary/aromatic N) is 16. The number of aromatic nitrogens is 10. The Morgan fingerprint density at radius 2 is 0.764 bits per heavy atom. The van der Waals surface area contributed by atoms with Crippen molar-refractivity contribution < 1.29 is 148 Å². The topological polar surface area (TPSA) is 512 Å². The molecule has 0 saturated heterocycles. The van der Waals surface area contributed by atoms with Crippen LogP contribution in [-0.4, -0.2) is 216 Å². The normalized spacial score (nSPS) is 18.5. The van der Waals surface area contributed by atoms with Crippen LogP contribution in [0.5, 0.6) is 0 Å². The SMILES string of the molecule is CC#N.CC(C)CN(c1ncc([C@H](C)CC(=O)O)cc1Nc1nc(C(F)(F)F)ns1)C1CCC(O)CC1.CCOC(C)=O.COC(=O)C[C@@H](C)c1cnc(N(CC(C)C)C2CCC(O)CC2)c(N)c1.COC(=O)C[C@@H](C)c1cnc(N(CC(C)C)C2CCC(O)CC2)c(Nc2nc(C(F)(F)F)ns2)c1.COC(=O)C[C@@H](C)c1cnc(N(CC(C)C)C2CCC(O)CC2)c([N+](=O)[O-])c1.FC(F)(F)c1nsc(Cl)n1.[Na+].[OH-]. The Morgan fingerprint density at radius 1 is 0.493 bits per heavy atom. The third-order valence-electron chi connectivity index (χ3n) is 23.2. The van der Waals surface area contributed by atoms with Crippen molar-refractivity contribution >= 4 is 132 Å². The molecule has 0 aliphatic heterocycles. The molecule has 4 saturated carbocycles. The van der Waals surface area contributed by atoms with E-state index in [9.17, 15) is 99.1 Å². The van der Waals surface area contributed by atoms with E-state index in [-0.39, 0.29) is 171 Å². The van der Waals surface area contributed by atoms with Crippen molar-refractivity contribution in [3.8, 4) is 6.07 Å². The summed E-state index contributed by atoms with van der Waals surface area (Å²) in [6, 6.07) is 9.46. The fourth-order valence-corrected chi connectivity index (χ4v) is 18.0. The number of carbonyl (C=O) groups is 5. The monoisotopic (exact) mass is 2130 g/mol. The number of anilines is 9. The number of nitrogens with two attached hydrogens (primary N) is 1. The largest absolute Gasteiger partial charge is 1.00 e. The Labute approximate surface area is 874 Å². The molecule has 7 aromatic rings. The first-order chi connectivity index (χ1) is 66.6. The molecule has 11 rings (SSSR count). The molecule has 0 amide bonds. The van der Waals surface area contributed by atoms with E-state index in [1.165, 1.54) is 41.2 Å². The van der Waals surface area contributed by atoms with Crippen LogP contribution in [0.25, 0.3) is 0 Å². The summed E-state index contributed by atoms with van der Waals surface area (Å²) in [4.78, 5) is 105. The van der Waals surface area contributed by atoms with Gasteiger partial charge in [-0.05, 0) is 221 Å². The van der Waals surface area contributed by atoms with Crippen LogP contribution in [0.15, 0.2) is 49.1 Å². The van der Waals surface area contributed by atoms with Gasteiger partial charge in [-0.2, -0.15) is 72.8 Å². The standard InChI is InChI=1S/C23H32F3N5O3S.C22H30F3N5O3S.C20H31N3O5.C20H33N3O3.C4H8O2.C3ClF3N2S.C2H3N.Na.H2O/c1-13(2)12-31(16-5-7-17(32)8-6-16)20-18(28-22-29-21(30-35-22)23(24,25)26)10-15(11-27-20)14(3)9-19(33)34-4;1-12(2)11-30(15-4-6-16(31)7-5-15)19-17(9-14(10-26-19)13(3)8-18(32)33)27-21-28-20(29-34-21)22(23,24)25;1-13(2)12-22(16-5-7-17(24)8-6-16)20-18(23(26)27)10-15(11-21-20)14(3)9-19(25)28-4;1-13(2)12-23(16-5-7-17(24)8-6-16)20-18(21)10-15(11-22-20)14(3)9-19(25)26-4;1-3-6-4(2)5;4-2-8-1(9-10-2)3(5,6)7;1-2-3;;/h10-11,13-14,16-17,32H,5-9,12H2,1-4H3,(H,28,29,30);9-10,12-13,15-16,31H,4-8,11H2,1-3H3,(H,32,33)(H,27,28,29);10-11,13-14,16-17,24H,5-9,12H2,1-4H3;10-11,13-14,16-17,24H,5-9,12,21H2,1-4H3;3H2,1-2H3;;1H3;;1H2/q;;;;;;;+1;/p-1/t14-,16?,17?;13-,15?,16?;2*14-,16?,17?;;;;;/m1111...../s1. The third-order valence-corrected chi connectivity index (χ3v) is 25.3. The van der Waals surface area contributed by atoms with Crippen LogP contribution in [0.3, 0.4) is 0 Å². The van der Waals surface area contributed by atoms with Gasteiger partial charge in [-0.25, -0.2) is 19.9 Å². The number of methoxy groups -OCH3 is 3. The molecule has 0 spiro atoms. The summed E-state index contributed by atoms with van der Waals surface area (Å²) in [5.41, 5.74) is 10.9. The number of esters is 4. The Kier molecular flexibility index (Phi) is 56.0. The first kappa shape index (κ1) is 129. The van der Waals surface area contributed by atoms with Crippen LogP contribution in [0, 0.1) is 45.1 Å². The average Bonchev–Trinajstić information content (AvgIpc) is 1.31. The second-order valence-electron chi connectivity index (χ2n) is 37.0. The van der Waals surface area contributed by atoms with E-state index < -0.39 is 46.9 Å². The van der Waals surface area contributed by atoms with Gasteiger partial charge in [-0.15, -0.1) is 0 Å². The number of ether oxygens (including phenoxy) is 4. The maximum Gasteiger partial charge on any atom is 1.00 e. The number of nitriles is 1. The van der Waals surface area contributed by atoms with Crippen molar-refractivity contribution in [2.75, 3.05) is 90.1 Å². The second-order valence-corrected chi connectivity index (χ2v) is 39.9. The molecule has 144 heavy (non-hydrogen) atoms. The van der Waals surface area contributed by atoms with Crippen LogP contribution in [-0.2, 0) is 61.4 Å². The molecule has 36 nitrogen and oxygen atoms in total. The smallest absolute Gasteiger partial charge is 0.870 e. The molecular weight excluding hydrogens is 1990 g/mol. The average molecular weight is 2130 g/mol. The number of halogens is 10. The van der Waals surface area contributed by atoms with Crippen molar-refractivity contribution in [3.05, 3.63) is 103 Å². The molecule has 0 radical (unpaired) electrons. The molecule has 0 bridgehead atoms. The number of nitrogens with one attached hydrogen (secondary N) is 2. The number of aliphatic hydroxyl groups is 4. The van der Waals surface area contributed by atoms with Crippen LogP contribution in [0.1, 0.15) is 296 Å². The van der Waals surface area contributed by atoms with E-state index >= 15 is 0 Å². The van der Waals surface area contributed by atoms with Crippen molar-refractivity contribution in [3.63, 3.8) is 0 Å². The quantitative estimate of drug-likeness (QED) is 0.00464. The molecule has 800 valence electrons. The molecule has 50 heteroatoms. The molecule has 4 atom stereocenters. The van der Waals surface area contributed by atoms with Gasteiger partial charge in [0.15, 0.2) is 17.5 Å². The van der Waals surface area contributed by atoms with Crippen LogP contribution in [0.2, 0.25) is 4.47 Å². The predicted molar refractivity (Wildman–Crippen MR) is 527 cm³/mol. The summed E-state index contributed by atoms with van der Waals surface area (Å²) < 4.78 is 141. The third kappa shape index (κ3) is 43.9. The van der Waals surface area contributed by atoms with Crippen molar-refractivity contribution in [1.82, 2.24) is 48.0 Å². The molecule has 0 aromatic carbocycles. The van der Waals surface area contributed by atoms with E-state index in [0.717, 1.165) is 87.7 Å². The molecule has 10 N–H and O–H groups in total. The van der Waals surface area contributed by atoms with Gasteiger partial charge < -0.3 is 85.9 Å². The van der Waals surface area contributed by atoms with Crippen LogP contribution >= 0.6 is 46.2 Å². The number of carboxylic acids is 1. The summed E-state index contributed by atoms with van der Waals surface area (Å²) in [7, 11) is 4.04. The van der Waals surface area contributed by atoms with Gasteiger partial charge in [-0.3, -0.25) is 34.1 Å². The summed E-state index contributed by atoms with van der Waals surface area (Å²) in [6.45, 7) is 32.2. The number of pyridine rings is 4. The number of carboxylic acid groups (broad SMARTS) is 1. The zero-order valence-corrected chi connectivity index (χ0v) is 90.2. The summed E-state index contributed by atoms with van der Waals surface area (Å²) in [5.74, 6) is -2.77. The number of nitro groups is 1. The van der Waals surface area contributed by atoms with E-state index in [1.807, 2.05) is 37.9 Å². The van der Waals surface area contributed by atoms with Gasteiger partial charge in [0.05, 0.1) is 106 Å². The molecule has 0 unspecified atom stereocenters. The number of rotatable bonds is 34. The minimum atomic E-state index is -4.65. The Hall–Kier alpha value is -9.42. The summed E-state index contributed by atoms with van der Waals surface area (Å²) >= 11 is 6.85. The van der Waals surface area contributed by atoms with Gasteiger partial charge in [0, 0.05) is 118 Å². The summed E-state index contributed by atoms with van der Waals surface area (Å²) in [6.07, 6.45) is 4.70. The number of hydrogen-bond acceptors (Lipinski definition) is 37. The molecule has 4 fully saturated rings. The second kappa shape index (κ2) is 62.7. The minimum Gasteiger partial charge on any atom is -0.870 e. The van der Waals surface area contributed by atoms with Gasteiger partial charge >= 0.3 is 83.6 Å². The molecule has 4 aliphatic carbocycles. The molecule has 7 heterocycles. The van der Waals surface area contributed by atoms with E-state index in [0.29, 0.717) is 175 Å². The first-order valence-corrected chi connectivity index (χ1v) is 49.8. The number of aliphatic carboxylic acids is 1. The summed E-state index contributed by atoms with van der Waals surface area (Å²) in [5, 5.41) is 73.8. The number of aliphatic hydroxyl groups excluding tert-OH is 4. The van der Waals surface area contributed by atoms with Gasteiger partial charge in [0.2, 0.25) is 38.0 Å². The maximum atomic E-state index is 13.1. The number of carbonyl (C=O) groups excluding carboxylic acids is 4. The van der Waals surface area contributed by atoms with E-state index in [2.05, 4.69) is 128 Å². The number of hydrogen-bond donors (Lipinski definition) is 8. The number of nitrogen functional groups attached to an aromatic ring is 1. The molecule has 7 aromatic heterocycles. The fraction of sp³-hybridized carbons (Fsp3) is 0.660. The van der Waals surface area contributed by atoms with E-state index in [1.54, 1.807) is 50.6 Å². The Morgan fingerprint density at radius 3 is 1.01 bits per heavy atom. The van der Waals surface area contributed by atoms with Crippen molar-refractivity contribution in [2.24, 2.45) is 23.7 Å². The van der Waals surface area contributed by atoms with Gasteiger partial charge in [-0.1, -0.05) is 83.1 Å². The van der Waals surface area contributed by atoms with Crippen molar-refractivity contribution in [1.29, 1.82) is 5.26 Å². The van der Waals surface area contributed by atoms with Gasteiger partial charge in [0.1, 0.15) is 0 Å².